The van der Waals surface area contributed by atoms with Crippen LogP contribution in [0.15, 0.2) is 24.3 Å². The molecule has 1 rings (SSSR count). The average molecular weight is 619 g/mol. The third-order valence-corrected chi connectivity index (χ3v) is 8.13. The topological polar surface area (TPSA) is 83.1 Å². The van der Waals surface area contributed by atoms with Crippen LogP contribution in [0.5, 0.6) is 0 Å². The fourth-order valence-electron chi connectivity index (χ4n) is 5.24. The Kier molecular flexibility index (Phi) is 25.4. The maximum atomic E-state index is 12.2. The Morgan fingerprint density at radius 1 is 0.500 bits per heavy atom. The van der Waals surface area contributed by atoms with Crippen LogP contribution in [0.3, 0.4) is 0 Å². The van der Waals surface area contributed by atoms with Crippen LogP contribution < -0.4 is 10.6 Å². The van der Waals surface area contributed by atoms with Crippen molar-refractivity contribution >= 4 is 23.6 Å². The van der Waals surface area contributed by atoms with Gasteiger partial charge in [-0.3, -0.25) is 10.6 Å². The van der Waals surface area contributed by atoms with Crippen LogP contribution in [0.4, 0.5) is 21.0 Å². The lowest BCUT2D eigenvalue weighted by atomic mass is 10.1. The van der Waals surface area contributed by atoms with Gasteiger partial charge in [0.25, 0.3) is 0 Å². The van der Waals surface area contributed by atoms with Crippen molar-refractivity contribution in [3.05, 3.63) is 24.3 Å². The number of hydrogen-bond donors (Lipinski definition) is 2. The number of nitrogens with zero attached hydrogens (tertiary/aromatic N) is 2. The highest BCUT2D eigenvalue weighted by Gasteiger charge is 2.08. The quantitative estimate of drug-likeness (QED) is 0.0910. The van der Waals surface area contributed by atoms with Gasteiger partial charge in [0.1, 0.15) is 0 Å². The molecule has 0 radical (unpaired) electrons. The van der Waals surface area contributed by atoms with E-state index >= 15 is 0 Å². The molecule has 0 saturated carbocycles. The van der Waals surface area contributed by atoms with E-state index in [0.717, 1.165) is 65.0 Å². The molecule has 1 aromatic rings. The molecule has 1 aromatic carbocycles. The number of carbonyl (C=O) groups is 2. The van der Waals surface area contributed by atoms with Crippen LogP contribution in [-0.4, -0.2) is 74.5 Å². The van der Waals surface area contributed by atoms with E-state index in [1.54, 1.807) is 24.3 Å². The SMILES string of the molecule is CCCCCCCCN(CC)CCCCOC(=O)Nc1ccc(NC(=O)OCCCCN(CC)CCCCCCCC)cc1. The van der Waals surface area contributed by atoms with E-state index in [9.17, 15) is 9.59 Å². The predicted octanol–water partition coefficient (Wildman–Crippen LogP) is 9.71. The molecule has 8 nitrogen and oxygen atoms in total. The third kappa shape index (κ3) is 22.2. The number of benzene rings is 1. The molecule has 44 heavy (non-hydrogen) atoms. The van der Waals surface area contributed by atoms with Gasteiger partial charge < -0.3 is 19.3 Å². The molecule has 2 N–H and O–H groups in total. The zero-order valence-corrected chi connectivity index (χ0v) is 28.8. The zero-order chi connectivity index (χ0) is 32.1. The van der Waals surface area contributed by atoms with Gasteiger partial charge in [-0.25, -0.2) is 9.59 Å². The Morgan fingerprint density at radius 2 is 0.818 bits per heavy atom. The molecule has 0 heterocycles. The lowest BCUT2D eigenvalue weighted by Gasteiger charge is -2.20. The molecule has 0 atom stereocenters. The fraction of sp³-hybridized carbons (Fsp3) is 0.778. The summed E-state index contributed by atoms with van der Waals surface area (Å²) in [5, 5.41) is 5.50. The van der Waals surface area contributed by atoms with Crippen molar-refractivity contribution in [2.75, 3.05) is 63.1 Å². The van der Waals surface area contributed by atoms with Gasteiger partial charge in [0, 0.05) is 11.4 Å². The highest BCUT2D eigenvalue weighted by molar-refractivity contribution is 5.87. The Balaban J connectivity index is 2.12. The molecule has 0 aliphatic heterocycles. The van der Waals surface area contributed by atoms with E-state index < -0.39 is 12.2 Å². The maximum absolute atomic E-state index is 12.2. The predicted molar refractivity (Wildman–Crippen MR) is 186 cm³/mol. The largest absolute Gasteiger partial charge is 0.449 e. The summed E-state index contributed by atoms with van der Waals surface area (Å²) in [5.41, 5.74) is 1.23. The highest BCUT2D eigenvalue weighted by Crippen LogP contribution is 2.14. The molecular formula is C36H66N4O4. The van der Waals surface area contributed by atoms with Gasteiger partial charge in [-0.15, -0.1) is 0 Å². The molecule has 8 heteroatoms. The molecular weight excluding hydrogens is 552 g/mol. The van der Waals surface area contributed by atoms with E-state index in [-0.39, 0.29) is 0 Å². The zero-order valence-electron chi connectivity index (χ0n) is 28.8. The molecule has 0 bridgehead atoms. The molecule has 0 saturated heterocycles. The minimum absolute atomic E-state index is 0.404. The molecule has 0 spiro atoms. The van der Waals surface area contributed by atoms with Crippen molar-refractivity contribution in [2.45, 2.75) is 130 Å². The lowest BCUT2D eigenvalue weighted by Crippen LogP contribution is -2.26. The Labute approximate surface area is 270 Å². The fourth-order valence-corrected chi connectivity index (χ4v) is 5.24. The van der Waals surface area contributed by atoms with Gasteiger partial charge in [-0.1, -0.05) is 91.9 Å². The van der Waals surface area contributed by atoms with E-state index in [4.69, 9.17) is 9.47 Å². The summed E-state index contributed by atoms with van der Waals surface area (Å²) < 4.78 is 10.7. The molecule has 0 aliphatic rings. The van der Waals surface area contributed by atoms with Gasteiger partial charge in [0.2, 0.25) is 0 Å². The number of amides is 2. The lowest BCUT2D eigenvalue weighted by molar-refractivity contribution is 0.156. The summed E-state index contributed by atoms with van der Waals surface area (Å²) >= 11 is 0. The minimum atomic E-state index is -0.460. The standard InChI is InChI=1S/C36H66N4O4/c1-5-9-11-13-15-17-27-39(7-3)29-19-21-31-43-35(41)37-33-23-25-34(26-24-33)38-36(42)44-32-22-20-30-40(8-4)28-18-16-14-12-10-6-2/h23-26H,5-22,27-32H2,1-4H3,(H,37,41)(H,38,42). The van der Waals surface area contributed by atoms with E-state index in [2.05, 4.69) is 48.1 Å². The first-order valence-electron chi connectivity index (χ1n) is 17.9. The smallest absolute Gasteiger partial charge is 0.411 e. The number of nitrogens with one attached hydrogen (secondary N) is 2. The maximum Gasteiger partial charge on any atom is 0.411 e. The first kappa shape index (κ1) is 39.7. The van der Waals surface area contributed by atoms with Gasteiger partial charge in [-0.05, 0) is 102 Å². The number of rotatable bonds is 28. The second-order valence-corrected chi connectivity index (χ2v) is 11.9. The molecule has 254 valence electrons. The van der Waals surface area contributed by atoms with Gasteiger partial charge in [0.05, 0.1) is 13.2 Å². The summed E-state index contributed by atoms with van der Waals surface area (Å²) in [6.45, 7) is 16.3. The molecule has 0 unspecified atom stereocenters. The van der Waals surface area contributed by atoms with E-state index in [1.165, 1.54) is 77.0 Å². The summed E-state index contributed by atoms with van der Waals surface area (Å²) in [5.74, 6) is 0. The molecule has 2 amide bonds. The number of anilines is 2. The summed E-state index contributed by atoms with van der Waals surface area (Å²) in [4.78, 5) is 29.3. The average Bonchev–Trinajstić information content (AvgIpc) is 3.02. The second-order valence-electron chi connectivity index (χ2n) is 11.9. The molecule has 0 aliphatic carbocycles. The van der Waals surface area contributed by atoms with Crippen molar-refractivity contribution in [2.24, 2.45) is 0 Å². The first-order chi connectivity index (χ1) is 21.5. The normalized spacial score (nSPS) is 11.2. The number of hydrogen-bond acceptors (Lipinski definition) is 6. The summed E-state index contributed by atoms with van der Waals surface area (Å²) in [6, 6.07) is 6.95. The first-order valence-corrected chi connectivity index (χ1v) is 17.9. The van der Waals surface area contributed by atoms with Gasteiger partial charge in [0.15, 0.2) is 0 Å². The van der Waals surface area contributed by atoms with Crippen molar-refractivity contribution < 1.29 is 19.1 Å². The third-order valence-electron chi connectivity index (χ3n) is 8.13. The van der Waals surface area contributed by atoms with Crippen molar-refractivity contribution in [1.29, 1.82) is 0 Å². The van der Waals surface area contributed by atoms with Crippen LogP contribution in [0.1, 0.15) is 130 Å². The number of unbranched alkanes of at least 4 members (excludes halogenated alkanes) is 12. The Hall–Kier alpha value is -2.32. The second kappa shape index (κ2) is 28.2. The van der Waals surface area contributed by atoms with Crippen LogP contribution in [0.2, 0.25) is 0 Å². The monoisotopic (exact) mass is 619 g/mol. The van der Waals surface area contributed by atoms with E-state index in [1.807, 2.05) is 0 Å². The van der Waals surface area contributed by atoms with Crippen LogP contribution in [-0.2, 0) is 9.47 Å². The number of carbonyl (C=O) groups excluding carboxylic acids is 2. The van der Waals surface area contributed by atoms with Crippen molar-refractivity contribution in [3.63, 3.8) is 0 Å². The summed E-state index contributed by atoms with van der Waals surface area (Å²) in [6.07, 6.45) is 18.7. The minimum Gasteiger partial charge on any atom is -0.449 e. The van der Waals surface area contributed by atoms with Gasteiger partial charge >= 0.3 is 12.2 Å². The highest BCUT2D eigenvalue weighted by atomic mass is 16.6. The van der Waals surface area contributed by atoms with Crippen LogP contribution in [0.25, 0.3) is 0 Å². The molecule has 0 fully saturated rings. The number of ether oxygens (including phenoxy) is 2. The molecule has 0 aromatic heterocycles. The summed E-state index contributed by atoms with van der Waals surface area (Å²) in [7, 11) is 0. The van der Waals surface area contributed by atoms with E-state index in [0.29, 0.717) is 24.6 Å². The van der Waals surface area contributed by atoms with Crippen molar-refractivity contribution in [3.8, 4) is 0 Å². The van der Waals surface area contributed by atoms with Gasteiger partial charge in [-0.2, -0.15) is 0 Å². The van der Waals surface area contributed by atoms with Crippen molar-refractivity contribution in [1.82, 2.24) is 9.80 Å². The Morgan fingerprint density at radius 3 is 1.16 bits per heavy atom. The Bertz CT molecular complexity index is 754. The van der Waals surface area contributed by atoms with Crippen LogP contribution >= 0.6 is 0 Å². The van der Waals surface area contributed by atoms with Crippen LogP contribution in [0, 0.1) is 0 Å².